The molecule has 2 heterocycles. The van der Waals surface area contributed by atoms with Gasteiger partial charge in [-0.2, -0.15) is 5.10 Å². The summed E-state index contributed by atoms with van der Waals surface area (Å²) in [5.41, 5.74) is 3.19. The predicted octanol–water partition coefficient (Wildman–Crippen LogP) is 0.791. The summed E-state index contributed by atoms with van der Waals surface area (Å²) < 4.78 is 30.0. The molecule has 0 spiro atoms. The maximum absolute atomic E-state index is 12.0. The van der Waals surface area contributed by atoms with Crippen LogP contribution < -0.4 is 5.43 Å². The van der Waals surface area contributed by atoms with Crippen molar-refractivity contribution in [3.05, 3.63) is 24.2 Å². The van der Waals surface area contributed by atoms with Crippen LogP contribution in [0.3, 0.4) is 0 Å². The fourth-order valence-electron chi connectivity index (χ4n) is 2.20. The minimum atomic E-state index is -3.24. The number of furan rings is 1. The molecule has 116 valence electrons. The molecule has 1 fully saturated rings. The van der Waals surface area contributed by atoms with Gasteiger partial charge in [-0.05, 0) is 25.8 Å². The molecule has 8 heteroatoms. The third-order valence-corrected chi connectivity index (χ3v) is 5.29. The molecular formula is C13H19N3O4S. The van der Waals surface area contributed by atoms with E-state index in [1.807, 2.05) is 0 Å². The molecule has 1 aliphatic heterocycles. The number of hydrogen-bond acceptors (Lipinski definition) is 5. The van der Waals surface area contributed by atoms with Crippen molar-refractivity contribution in [3.8, 4) is 0 Å². The van der Waals surface area contributed by atoms with Crippen molar-refractivity contribution in [2.24, 2.45) is 11.0 Å². The van der Waals surface area contributed by atoms with E-state index in [1.54, 1.807) is 13.0 Å². The number of hydrazone groups is 1. The summed E-state index contributed by atoms with van der Waals surface area (Å²) in [7, 11) is -3.24. The number of nitrogens with zero attached hydrogens (tertiary/aromatic N) is 2. The van der Waals surface area contributed by atoms with Crippen LogP contribution in [0.1, 0.15) is 25.3 Å². The van der Waals surface area contributed by atoms with Crippen LogP contribution in [0.5, 0.6) is 0 Å². The quantitative estimate of drug-likeness (QED) is 0.642. The van der Waals surface area contributed by atoms with Gasteiger partial charge in [0.15, 0.2) is 0 Å². The molecule has 7 nitrogen and oxygen atoms in total. The molecule has 1 amide bonds. The number of nitrogens with one attached hydrogen (secondary N) is 1. The zero-order valence-electron chi connectivity index (χ0n) is 11.9. The molecule has 2 rings (SSSR count). The fourth-order valence-corrected chi connectivity index (χ4v) is 3.38. The molecule has 1 saturated heterocycles. The van der Waals surface area contributed by atoms with Crippen molar-refractivity contribution in [1.82, 2.24) is 9.73 Å². The summed E-state index contributed by atoms with van der Waals surface area (Å²) in [6.45, 7) is 2.32. The Kier molecular flexibility index (Phi) is 5.13. The van der Waals surface area contributed by atoms with E-state index < -0.39 is 10.0 Å². The second-order valence-electron chi connectivity index (χ2n) is 4.89. The Balaban J connectivity index is 1.90. The highest BCUT2D eigenvalue weighted by Crippen LogP contribution is 2.19. The molecule has 0 aliphatic carbocycles. The van der Waals surface area contributed by atoms with Crippen molar-refractivity contribution in [2.75, 3.05) is 18.8 Å². The minimum Gasteiger partial charge on any atom is -0.472 e. The molecule has 1 aromatic rings. The van der Waals surface area contributed by atoms with E-state index in [2.05, 4.69) is 10.5 Å². The van der Waals surface area contributed by atoms with E-state index >= 15 is 0 Å². The first-order chi connectivity index (χ1) is 10.0. The van der Waals surface area contributed by atoms with Gasteiger partial charge in [0.2, 0.25) is 15.9 Å². The zero-order valence-corrected chi connectivity index (χ0v) is 12.7. The van der Waals surface area contributed by atoms with Gasteiger partial charge < -0.3 is 4.42 Å². The Morgan fingerprint density at radius 2 is 2.43 bits per heavy atom. The van der Waals surface area contributed by atoms with E-state index in [0.29, 0.717) is 19.4 Å². The van der Waals surface area contributed by atoms with Crippen LogP contribution in [-0.2, 0) is 14.8 Å². The topological polar surface area (TPSA) is 92.0 Å². The van der Waals surface area contributed by atoms with E-state index in [-0.39, 0.29) is 24.1 Å². The van der Waals surface area contributed by atoms with Crippen LogP contribution >= 0.6 is 0 Å². The molecule has 0 radical (unpaired) electrons. The third-order valence-electron chi connectivity index (χ3n) is 3.44. The normalized spacial score (nSPS) is 20.7. The van der Waals surface area contributed by atoms with Gasteiger partial charge in [-0.25, -0.2) is 18.1 Å². The highest BCUT2D eigenvalue weighted by molar-refractivity contribution is 7.89. The molecule has 0 aromatic carbocycles. The van der Waals surface area contributed by atoms with Crippen LogP contribution in [0.4, 0.5) is 0 Å². The van der Waals surface area contributed by atoms with Gasteiger partial charge in [0.25, 0.3) is 0 Å². The number of sulfonamides is 1. The Bertz CT molecular complexity index is 595. The number of rotatable bonds is 5. The van der Waals surface area contributed by atoms with Crippen molar-refractivity contribution >= 4 is 22.1 Å². The van der Waals surface area contributed by atoms with Crippen molar-refractivity contribution < 1.29 is 17.6 Å². The standard InChI is InChI=1S/C13H19N3O4S/c1-2-21(18,19)16-6-3-4-12(9-16)13(17)15-14-8-11-5-7-20-10-11/h5,7-8,10,12H,2-4,6,9H2,1H3,(H,15,17)/b14-8+. The Labute approximate surface area is 124 Å². The molecule has 0 saturated carbocycles. The van der Waals surface area contributed by atoms with Gasteiger partial charge in [-0.3, -0.25) is 4.79 Å². The molecule has 1 aliphatic rings. The summed E-state index contributed by atoms with van der Waals surface area (Å²) in [4.78, 5) is 12.0. The van der Waals surface area contributed by atoms with Crippen molar-refractivity contribution in [3.63, 3.8) is 0 Å². The first-order valence-electron chi connectivity index (χ1n) is 6.86. The SMILES string of the molecule is CCS(=O)(=O)N1CCCC(C(=O)N/N=C/c2ccoc2)C1. The highest BCUT2D eigenvalue weighted by Gasteiger charge is 2.31. The lowest BCUT2D eigenvalue weighted by atomic mass is 9.99. The van der Waals surface area contributed by atoms with Gasteiger partial charge in [-0.15, -0.1) is 0 Å². The second kappa shape index (κ2) is 6.86. The third kappa shape index (κ3) is 4.15. The number of carbonyl (C=O) groups excluding carboxylic acids is 1. The maximum Gasteiger partial charge on any atom is 0.244 e. The Morgan fingerprint density at radius 3 is 3.10 bits per heavy atom. The van der Waals surface area contributed by atoms with E-state index in [9.17, 15) is 13.2 Å². The molecule has 1 N–H and O–H groups in total. The second-order valence-corrected chi connectivity index (χ2v) is 7.15. The van der Waals surface area contributed by atoms with Crippen LogP contribution in [-0.4, -0.2) is 43.7 Å². The minimum absolute atomic E-state index is 0.0555. The Morgan fingerprint density at radius 1 is 1.62 bits per heavy atom. The largest absolute Gasteiger partial charge is 0.472 e. The lowest BCUT2D eigenvalue weighted by molar-refractivity contribution is -0.126. The van der Waals surface area contributed by atoms with Gasteiger partial charge in [-0.1, -0.05) is 0 Å². The van der Waals surface area contributed by atoms with Crippen LogP contribution in [0.15, 0.2) is 28.1 Å². The maximum atomic E-state index is 12.0. The lowest BCUT2D eigenvalue weighted by Crippen LogP contribution is -2.45. The summed E-state index contributed by atoms with van der Waals surface area (Å²) in [5, 5.41) is 3.84. The number of piperidine rings is 1. The smallest absolute Gasteiger partial charge is 0.244 e. The van der Waals surface area contributed by atoms with Crippen LogP contribution in [0, 0.1) is 5.92 Å². The van der Waals surface area contributed by atoms with E-state index in [4.69, 9.17) is 4.42 Å². The zero-order chi connectivity index (χ0) is 15.3. The van der Waals surface area contributed by atoms with E-state index in [0.717, 1.165) is 5.56 Å². The van der Waals surface area contributed by atoms with E-state index in [1.165, 1.54) is 23.0 Å². The van der Waals surface area contributed by atoms with Gasteiger partial charge in [0, 0.05) is 18.7 Å². The molecule has 1 aromatic heterocycles. The molecule has 0 bridgehead atoms. The van der Waals surface area contributed by atoms with Crippen molar-refractivity contribution in [2.45, 2.75) is 19.8 Å². The average Bonchev–Trinajstić information content (AvgIpc) is 3.00. The Hall–Kier alpha value is -1.67. The van der Waals surface area contributed by atoms with Crippen LogP contribution in [0.25, 0.3) is 0 Å². The summed E-state index contributed by atoms with van der Waals surface area (Å²) >= 11 is 0. The first-order valence-corrected chi connectivity index (χ1v) is 8.47. The van der Waals surface area contributed by atoms with Crippen molar-refractivity contribution in [1.29, 1.82) is 0 Å². The highest BCUT2D eigenvalue weighted by atomic mass is 32.2. The summed E-state index contributed by atoms with van der Waals surface area (Å²) in [6, 6.07) is 1.71. The first kappa shape index (κ1) is 15.7. The molecular weight excluding hydrogens is 294 g/mol. The number of hydrogen-bond donors (Lipinski definition) is 1. The van der Waals surface area contributed by atoms with Gasteiger partial charge >= 0.3 is 0 Å². The summed E-state index contributed by atoms with van der Waals surface area (Å²) in [6.07, 6.45) is 5.85. The predicted molar refractivity (Wildman–Crippen MR) is 78.2 cm³/mol. The van der Waals surface area contributed by atoms with Crippen LogP contribution in [0.2, 0.25) is 0 Å². The number of amides is 1. The monoisotopic (exact) mass is 313 g/mol. The lowest BCUT2D eigenvalue weighted by Gasteiger charge is -2.30. The average molecular weight is 313 g/mol. The van der Waals surface area contributed by atoms with Gasteiger partial charge in [0.1, 0.15) is 0 Å². The molecule has 1 atom stereocenters. The fraction of sp³-hybridized carbons (Fsp3) is 0.538. The molecule has 21 heavy (non-hydrogen) atoms. The summed E-state index contributed by atoms with van der Waals surface area (Å²) in [5.74, 6) is -0.563. The number of carbonyl (C=O) groups is 1. The van der Waals surface area contributed by atoms with Gasteiger partial charge in [0.05, 0.1) is 30.4 Å². The molecule has 1 unspecified atom stereocenters.